The Morgan fingerprint density at radius 2 is 1.77 bits per heavy atom. The highest BCUT2D eigenvalue weighted by Crippen LogP contribution is 2.22. The second-order valence-corrected chi connectivity index (χ2v) is 7.26. The molecule has 1 heterocycles. The van der Waals surface area contributed by atoms with E-state index >= 15 is 0 Å². The molecule has 1 fully saturated rings. The number of para-hydroxylation sites is 1. The molecular formula is C22H25N3O6. The number of carbonyl (C=O) groups is 4. The number of esters is 2. The Kier molecular flexibility index (Phi) is 6.74. The van der Waals surface area contributed by atoms with E-state index in [1.54, 1.807) is 45.0 Å². The number of anilines is 1. The van der Waals surface area contributed by atoms with Crippen LogP contribution in [0.15, 0.2) is 24.3 Å². The number of carbonyl (C=O) groups excluding carboxylic acids is 4. The minimum atomic E-state index is -0.739. The van der Waals surface area contributed by atoms with Crippen molar-refractivity contribution in [1.29, 1.82) is 0 Å². The molecule has 2 amide bonds. The Morgan fingerprint density at radius 1 is 1.06 bits per heavy atom. The molecule has 9 heteroatoms. The summed E-state index contributed by atoms with van der Waals surface area (Å²) in [6, 6.07) is 6.80. The molecule has 1 aliphatic rings. The molecule has 2 aromatic rings. The van der Waals surface area contributed by atoms with E-state index in [2.05, 4.69) is 15.6 Å². The summed E-state index contributed by atoms with van der Waals surface area (Å²) in [4.78, 5) is 52.0. The quantitative estimate of drug-likeness (QED) is 0.556. The molecule has 0 bridgehead atoms. The minimum absolute atomic E-state index is 0.173. The normalized spacial score (nSPS) is 12.7. The molecule has 0 spiro atoms. The highest BCUT2D eigenvalue weighted by molar-refractivity contribution is 6.05. The lowest BCUT2D eigenvalue weighted by Gasteiger charge is -2.11. The molecule has 31 heavy (non-hydrogen) atoms. The molecule has 1 aliphatic carbocycles. The fourth-order valence-corrected chi connectivity index (χ4v) is 3.13. The fourth-order valence-electron chi connectivity index (χ4n) is 3.13. The van der Waals surface area contributed by atoms with E-state index in [1.807, 2.05) is 0 Å². The van der Waals surface area contributed by atoms with Crippen molar-refractivity contribution in [2.24, 2.45) is 0 Å². The molecule has 1 aromatic carbocycles. The Hall–Kier alpha value is -3.62. The van der Waals surface area contributed by atoms with Crippen LogP contribution in [0.1, 0.15) is 62.2 Å². The zero-order valence-electron chi connectivity index (χ0n) is 17.7. The van der Waals surface area contributed by atoms with Gasteiger partial charge in [0.1, 0.15) is 5.69 Å². The number of aromatic nitrogens is 1. The SMILES string of the molecule is CCOC(=O)c1[nH]c(C)c(C(=O)OCC(=O)Nc2ccccc2C(=O)NC2CC2)c1C. The molecule has 0 unspecified atom stereocenters. The molecule has 0 atom stereocenters. The molecule has 9 nitrogen and oxygen atoms in total. The van der Waals surface area contributed by atoms with Gasteiger partial charge in [-0.1, -0.05) is 12.1 Å². The van der Waals surface area contributed by atoms with Gasteiger partial charge < -0.3 is 25.1 Å². The van der Waals surface area contributed by atoms with E-state index in [4.69, 9.17) is 9.47 Å². The van der Waals surface area contributed by atoms with Crippen molar-refractivity contribution >= 4 is 29.4 Å². The predicted molar refractivity (Wildman–Crippen MR) is 112 cm³/mol. The summed E-state index contributed by atoms with van der Waals surface area (Å²) < 4.78 is 10.1. The summed E-state index contributed by atoms with van der Waals surface area (Å²) in [6.45, 7) is 4.57. The molecule has 0 aliphatic heterocycles. The number of benzene rings is 1. The van der Waals surface area contributed by atoms with Gasteiger partial charge in [0, 0.05) is 11.7 Å². The van der Waals surface area contributed by atoms with Crippen molar-refractivity contribution in [3.05, 3.63) is 52.3 Å². The minimum Gasteiger partial charge on any atom is -0.461 e. The average molecular weight is 427 g/mol. The number of hydrogen-bond acceptors (Lipinski definition) is 6. The van der Waals surface area contributed by atoms with Crippen LogP contribution >= 0.6 is 0 Å². The summed E-state index contributed by atoms with van der Waals surface area (Å²) in [7, 11) is 0. The van der Waals surface area contributed by atoms with E-state index in [0.29, 0.717) is 22.5 Å². The molecular weight excluding hydrogens is 402 g/mol. The Morgan fingerprint density at radius 3 is 2.45 bits per heavy atom. The predicted octanol–water partition coefficient (Wildman–Crippen LogP) is 2.50. The maximum atomic E-state index is 12.5. The molecule has 164 valence electrons. The van der Waals surface area contributed by atoms with Gasteiger partial charge in [0.05, 0.1) is 23.4 Å². The number of amides is 2. The zero-order chi connectivity index (χ0) is 22.5. The van der Waals surface area contributed by atoms with Crippen molar-refractivity contribution in [3.63, 3.8) is 0 Å². The van der Waals surface area contributed by atoms with Gasteiger partial charge in [0.2, 0.25) is 0 Å². The monoisotopic (exact) mass is 427 g/mol. The molecule has 1 saturated carbocycles. The number of ether oxygens (including phenoxy) is 2. The summed E-state index contributed by atoms with van der Waals surface area (Å²) >= 11 is 0. The van der Waals surface area contributed by atoms with Gasteiger partial charge >= 0.3 is 11.9 Å². The number of aryl methyl sites for hydroxylation is 1. The number of rotatable bonds is 8. The molecule has 0 radical (unpaired) electrons. The summed E-state index contributed by atoms with van der Waals surface area (Å²) in [5.74, 6) is -2.16. The standard InChI is InChI=1S/C22H25N3O6/c1-4-30-22(29)19-12(2)18(13(3)23-19)21(28)31-11-17(26)25-16-8-6-5-7-15(16)20(27)24-14-9-10-14/h5-8,14,23H,4,9-11H2,1-3H3,(H,24,27)(H,25,26). The summed E-state index contributed by atoms with van der Waals surface area (Å²) in [5.41, 5.74) is 1.86. The lowest BCUT2D eigenvalue weighted by atomic mass is 10.1. The zero-order valence-corrected chi connectivity index (χ0v) is 17.7. The number of H-pyrrole nitrogens is 1. The van der Waals surface area contributed by atoms with E-state index in [-0.39, 0.29) is 29.8 Å². The van der Waals surface area contributed by atoms with Crippen molar-refractivity contribution < 1.29 is 28.7 Å². The number of aromatic amines is 1. The second-order valence-electron chi connectivity index (χ2n) is 7.26. The van der Waals surface area contributed by atoms with Crippen LogP contribution in [-0.2, 0) is 14.3 Å². The van der Waals surface area contributed by atoms with Crippen molar-refractivity contribution in [3.8, 4) is 0 Å². The first-order valence-electron chi connectivity index (χ1n) is 10.0. The first-order chi connectivity index (χ1) is 14.8. The van der Waals surface area contributed by atoms with Crippen LogP contribution in [0, 0.1) is 13.8 Å². The fraction of sp³-hybridized carbons (Fsp3) is 0.364. The number of hydrogen-bond donors (Lipinski definition) is 3. The van der Waals surface area contributed by atoms with Gasteiger partial charge in [-0.25, -0.2) is 9.59 Å². The van der Waals surface area contributed by atoms with Crippen LogP contribution in [-0.4, -0.2) is 48.0 Å². The smallest absolute Gasteiger partial charge is 0.355 e. The first-order valence-corrected chi connectivity index (χ1v) is 10.0. The topological polar surface area (TPSA) is 127 Å². The van der Waals surface area contributed by atoms with Crippen LogP contribution in [0.2, 0.25) is 0 Å². The van der Waals surface area contributed by atoms with Crippen molar-refractivity contribution in [2.45, 2.75) is 39.7 Å². The van der Waals surface area contributed by atoms with Gasteiger partial charge in [-0.3, -0.25) is 9.59 Å². The van der Waals surface area contributed by atoms with Gasteiger partial charge in [0.15, 0.2) is 6.61 Å². The van der Waals surface area contributed by atoms with Gasteiger partial charge in [-0.2, -0.15) is 0 Å². The van der Waals surface area contributed by atoms with Crippen LogP contribution in [0.4, 0.5) is 5.69 Å². The lowest BCUT2D eigenvalue weighted by molar-refractivity contribution is -0.119. The van der Waals surface area contributed by atoms with Crippen molar-refractivity contribution in [1.82, 2.24) is 10.3 Å². The Balaban J connectivity index is 1.62. The maximum absolute atomic E-state index is 12.5. The maximum Gasteiger partial charge on any atom is 0.355 e. The average Bonchev–Trinajstić information content (AvgIpc) is 3.49. The highest BCUT2D eigenvalue weighted by Gasteiger charge is 2.26. The largest absolute Gasteiger partial charge is 0.461 e. The molecule has 3 N–H and O–H groups in total. The molecule has 1 aromatic heterocycles. The first kappa shape index (κ1) is 22.1. The molecule has 0 saturated heterocycles. The van der Waals surface area contributed by atoms with Crippen LogP contribution in [0.5, 0.6) is 0 Å². The van der Waals surface area contributed by atoms with Gasteiger partial charge in [-0.15, -0.1) is 0 Å². The third-order valence-corrected chi connectivity index (χ3v) is 4.81. The van der Waals surface area contributed by atoms with E-state index in [9.17, 15) is 19.2 Å². The van der Waals surface area contributed by atoms with E-state index in [0.717, 1.165) is 12.8 Å². The van der Waals surface area contributed by atoms with Gasteiger partial charge in [0.25, 0.3) is 11.8 Å². The van der Waals surface area contributed by atoms with Crippen LogP contribution in [0.3, 0.4) is 0 Å². The van der Waals surface area contributed by atoms with Crippen LogP contribution in [0.25, 0.3) is 0 Å². The summed E-state index contributed by atoms with van der Waals surface area (Å²) in [6.07, 6.45) is 1.90. The summed E-state index contributed by atoms with van der Waals surface area (Å²) in [5, 5.41) is 5.47. The third-order valence-electron chi connectivity index (χ3n) is 4.81. The molecule has 3 rings (SSSR count). The van der Waals surface area contributed by atoms with Crippen molar-refractivity contribution in [2.75, 3.05) is 18.5 Å². The Bertz CT molecular complexity index is 1020. The lowest BCUT2D eigenvalue weighted by Crippen LogP contribution is -2.28. The van der Waals surface area contributed by atoms with E-state index in [1.165, 1.54) is 0 Å². The highest BCUT2D eigenvalue weighted by atomic mass is 16.5. The Labute approximate surface area is 179 Å². The van der Waals surface area contributed by atoms with E-state index < -0.39 is 24.5 Å². The number of nitrogens with one attached hydrogen (secondary N) is 3. The second kappa shape index (κ2) is 9.46. The van der Waals surface area contributed by atoms with Crippen LogP contribution < -0.4 is 10.6 Å². The van der Waals surface area contributed by atoms with Gasteiger partial charge in [-0.05, 0) is 51.3 Å². The third kappa shape index (κ3) is 5.30.